The molecule has 2 rings (SSSR count). The van der Waals surface area contributed by atoms with Gasteiger partial charge in [-0.1, -0.05) is 116 Å². The van der Waals surface area contributed by atoms with E-state index in [-0.39, 0.29) is 24.3 Å². The zero-order chi connectivity index (χ0) is 32.0. The molecule has 0 amide bonds. The summed E-state index contributed by atoms with van der Waals surface area (Å²) in [4.78, 5) is 11.6. The number of carbonyl (C=O) groups excluding carboxylic acids is 1. The van der Waals surface area contributed by atoms with Gasteiger partial charge in [-0.2, -0.15) is 0 Å². The summed E-state index contributed by atoms with van der Waals surface area (Å²) < 4.78 is 11.2. The average Bonchev–Trinajstić information content (AvgIpc) is 3.63. The van der Waals surface area contributed by atoms with Crippen LogP contribution in [0, 0.1) is 0 Å². The van der Waals surface area contributed by atoms with Crippen molar-refractivity contribution in [1.29, 1.82) is 0 Å². The van der Waals surface area contributed by atoms with Crippen molar-refractivity contribution >= 4 is 5.97 Å². The van der Waals surface area contributed by atoms with E-state index in [2.05, 4.69) is 6.92 Å². The van der Waals surface area contributed by atoms with E-state index in [0.29, 0.717) is 19.3 Å². The number of hydrogen-bond acceptors (Lipinski definition) is 7. The Morgan fingerprint density at radius 2 is 1.05 bits per heavy atom. The number of ether oxygens (including phenoxy) is 2. The SMILES string of the molecule is CCCCCC[C@H](O)[C@H](O)CCCCCC[C@@H](O)[C@H]1CC[C@H]([C@H](O)CCCCCCCCCCCCC2=C[C@H](C)OC2=O)O1. The molecule has 1 saturated heterocycles. The van der Waals surface area contributed by atoms with Gasteiger partial charge in [0, 0.05) is 5.57 Å². The maximum Gasteiger partial charge on any atom is 0.334 e. The van der Waals surface area contributed by atoms with E-state index in [0.717, 1.165) is 89.0 Å². The highest BCUT2D eigenvalue weighted by Crippen LogP contribution is 2.28. The van der Waals surface area contributed by atoms with Crippen molar-refractivity contribution in [2.45, 2.75) is 217 Å². The summed E-state index contributed by atoms with van der Waals surface area (Å²) in [6, 6.07) is 0. The fourth-order valence-electron chi connectivity index (χ4n) is 6.75. The first-order valence-corrected chi connectivity index (χ1v) is 18.6. The Morgan fingerprint density at radius 1 is 0.636 bits per heavy atom. The number of rotatable bonds is 28. The van der Waals surface area contributed by atoms with Gasteiger partial charge in [0.05, 0.1) is 36.6 Å². The number of unbranched alkanes of at least 4 members (excludes halogenated alkanes) is 15. The van der Waals surface area contributed by atoms with Crippen molar-refractivity contribution in [3.63, 3.8) is 0 Å². The molecular weight excluding hydrogens is 556 g/mol. The van der Waals surface area contributed by atoms with Crippen molar-refractivity contribution in [1.82, 2.24) is 0 Å². The van der Waals surface area contributed by atoms with Crippen molar-refractivity contribution in [2.24, 2.45) is 0 Å². The molecule has 2 aliphatic heterocycles. The van der Waals surface area contributed by atoms with Gasteiger partial charge >= 0.3 is 5.97 Å². The van der Waals surface area contributed by atoms with Crippen LogP contribution in [-0.2, 0) is 14.3 Å². The van der Waals surface area contributed by atoms with E-state index < -0.39 is 24.4 Å². The van der Waals surface area contributed by atoms with E-state index in [1.807, 2.05) is 13.0 Å². The lowest BCUT2D eigenvalue weighted by Gasteiger charge is -2.22. The van der Waals surface area contributed by atoms with Crippen LogP contribution in [0.5, 0.6) is 0 Å². The zero-order valence-corrected chi connectivity index (χ0v) is 28.3. The Kier molecular flexibility index (Phi) is 21.6. The molecule has 2 aliphatic rings. The van der Waals surface area contributed by atoms with Gasteiger partial charge in [0.25, 0.3) is 0 Å². The quantitative estimate of drug-likeness (QED) is 0.0518. The van der Waals surface area contributed by atoms with Crippen LogP contribution in [0.4, 0.5) is 0 Å². The van der Waals surface area contributed by atoms with Gasteiger partial charge in [-0.05, 0) is 64.4 Å². The molecule has 7 atom stereocenters. The monoisotopic (exact) mass is 624 g/mol. The Labute approximate surface area is 269 Å². The van der Waals surface area contributed by atoms with E-state index in [1.54, 1.807) is 0 Å². The van der Waals surface area contributed by atoms with Gasteiger partial charge in [-0.3, -0.25) is 0 Å². The molecule has 0 aromatic carbocycles. The third-order valence-corrected chi connectivity index (χ3v) is 9.68. The topological polar surface area (TPSA) is 116 Å². The standard InChI is InChI=1S/C37H68O7/c1-3-4-5-17-22-31(38)32(39)23-18-14-15-20-25-34(41)36-27-26-35(44-36)33(40)24-19-13-11-9-7-6-8-10-12-16-21-30-28-29(2)43-37(30)42/h28-29,31-36,38-41H,3-27H2,1-2H3/t29-,31-,32+,33+,34+,35+,36+/m0/s1. The van der Waals surface area contributed by atoms with Gasteiger partial charge in [0.2, 0.25) is 0 Å². The van der Waals surface area contributed by atoms with Crippen LogP contribution in [0.2, 0.25) is 0 Å². The van der Waals surface area contributed by atoms with Crippen LogP contribution in [0.1, 0.15) is 174 Å². The van der Waals surface area contributed by atoms with Crippen LogP contribution >= 0.6 is 0 Å². The average molecular weight is 625 g/mol. The predicted octanol–water partition coefficient (Wildman–Crippen LogP) is 7.84. The van der Waals surface area contributed by atoms with Gasteiger partial charge in [0.1, 0.15) is 6.10 Å². The lowest BCUT2D eigenvalue weighted by molar-refractivity contribution is -0.139. The van der Waals surface area contributed by atoms with E-state index in [4.69, 9.17) is 9.47 Å². The Balaban J connectivity index is 1.37. The predicted molar refractivity (Wildman–Crippen MR) is 177 cm³/mol. The summed E-state index contributed by atoms with van der Waals surface area (Å²) in [5, 5.41) is 41.6. The van der Waals surface area contributed by atoms with Crippen LogP contribution in [0.15, 0.2) is 11.6 Å². The summed E-state index contributed by atoms with van der Waals surface area (Å²) in [5.74, 6) is -0.128. The lowest BCUT2D eigenvalue weighted by atomic mass is 9.98. The van der Waals surface area contributed by atoms with E-state index in [9.17, 15) is 25.2 Å². The third kappa shape index (κ3) is 17.1. The Morgan fingerprint density at radius 3 is 1.48 bits per heavy atom. The fraction of sp³-hybridized carbons (Fsp3) is 0.919. The van der Waals surface area contributed by atoms with Crippen molar-refractivity contribution in [2.75, 3.05) is 0 Å². The molecule has 0 spiro atoms. The second-order valence-electron chi connectivity index (χ2n) is 13.8. The number of aliphatic hydroxyl groups is 4. The molecule has 0 aromatic rings. The second-order valence-corrected chi connectivity index (χ2v) is 13.8. The first-order chi connectivity index (χ1) is 21.3. The summed E-state index contributed by atoms with van der Waals surface area (Å²) >= 11 is 0. The molecule has 7 heteroatoms. The van der Waals surface area contributed by atoms with Crippen molar-refractivity contribution < 1.29 is 34.7 Å². The first kappa shape index (κ1) is 39.2. The minimum absolute atomic E-state index is 0.0556. The molecule has 1 fully saturated rings. The van der Waals surface area contributed by atoms with Crippen LogP contribution in [0.25, 0.3) is 0 Å². The van der Waals surface area contributed by atoms with Crippen molar-refractivity contribution in [3.8, 4) is 0 Å². The second kappa shape index (κ2) is 24.2. The van der Waals surface area contributed by atoms with Gasteiger partial charge in [-0.15, -0.1) is 0 Å². The van der Waals surface area contributed by atoms with Gasteiger partial charge in [-0.25, -0.2) is 4.79 Å². The highest BCUT2D eigenvalue weighted by molar-refractivity contribution is 5.90. The molecular formula is C37H68O7. The molecule has 4 N–H and O–H groups in total. The maximum atomic E-state index is 11.6. The molecule has 0 aromatic heterocycles. The van der Waals surface area contributed by atoms with Crippen molar-refractivity contribution in [3.05, 3.63) is 11.6 Å². The van der Waals surface area contributed by atoms with Crippen LogP contribution < -0.4 is 0 Å². The summed E-state index contributed by atoms with van der Waals surface area (Å²) in [5.41, 5.74) is 0.858. The van der Waals surface area contributed by atoms with Gasteiger partial charge < -0.3 is 29.9 Å². The highest BCUT2D eigenvalue weighted by atomic mass is 16.5. The number of carbonyl (C=O) groups is 1. The van der Waals surface area contributed by atoms with E-state index in [1.165, 1.54) is 57.8 Å². The molecule has 0 saturated carbocycles. The molecule has 258 valence electrons. The molecule has 0 radical (unpaired) electrons. The summed E-state index contributed by atoms with van der Waals surface area (Å²) in [6.45, 7) is 4.08. The minimum atomic E-state index is -0.621. The molecule has 2 heterocycles. The smallest absolute Gasteiger partial charge is 0.334 e. The molecule has 7 nitrogen and oxygen atoms in total. The largest absolute Gasteiger partial charge is 0.455 e. The first-order valence-electron chi connectivity index (χ1n) is 18.6. The maximum absolute atomic E-state index is 11.6. The molecule has 0 unspecified atom stereocenters. The molecule has 0 aliphatic carbocycles. The van der Waals surface area contributed by atoms with Crippen LogP contribution in [-0.4, -0.2) is 69.1 Å². The number of hydrogen-bond donors (Lipinski definition) is 4. The zero-order valence-electron chi connectivity index (χ0n) is 28.3. The highest BCUT2D eigenvalue weighted by Gasteiger charge is 2.34. The summed E-state index contributed by atoms with van der Waals surface area (Å²) in [6.07, 6.45) is 25.0. The third-order valence-electron chi connectivity index (χ3n) is 9.68. The fourth-order valence-corrected chi connectivity index (χ4v) is 6.75. The minimum Gasteiger partial charge on any atom is -0.455 e. The van der Waals surface area contributed by atoms with Crippen LogP contribution in [0.3, 0.4) is 0 Å². The molecule has 44 heavy (non-hydrogen) atoms. The normalized spacial score (nSPS) is 23.0. The number of cyclic esters (lactones) is 1. The Hall–Kier alpha value is -0.990. The van der Waals surface area contributed by atoms with E-state index >= 15 is 0 Å². The Bertz CT molecular complexity index is 756. The molecule has 0 bridgehead atoms. The van der Waals surface area contributed by atoms with Gasteiger partial charge in [0.15, 0.2) is 0 Å². The lowest BCUT2D eigenvalue weighted by Crippen LogP contribution is -2.31. The summed E-state index contributed by atoms with van der Waals surface area (Å²) in [7, 11) is 0. The number of aliphatic hydroxyl groups excluding tert-OH is 4. The number of esters is 1.